The van der Waals surface area contributed by atoms with Gasteiger partial charge in [-0.15, -0.1) is 0 Å². The minimum absolute atomic E-state index is 0.0352. The molecule has 0 aliphatic carbocycles. The number of quaternary nitrogens is 1. The first-order chi connectivity index (χ1) is 35.9. The molecule has 432 valence electrons. The highest BCUT2D eigenvalue weighted by atomic mass is 31.2. The van der Waals surface area contributed by atoms with E-state index in [1.165, 1.54) is 167 Å². The van der Waals surface area contributed by atoms with Gasteiger partial charge in [0.2, 0.25) is 5.91 Å². The minimum atomic E-state index is -4.45. The molecular formula is C64H120N2O7P+. The van der Waals surface area contributed by atoms with Crippen LogP contribution in [0.2, 0.25) is 0 Å². The smallest absolute Gasteiger partial charge is 0.456 e. The van der Waals surface area contributed by atoms with Crippen molar-refractivity contribution in [1.82, 2.24) is 5.32 Å². The molecule has 10 heteroatoms. The van der Waals surface area contributed by atoms with Gasteiger partial charge in [0.15, 0.2) is 0 Å². The maximum atomic E-state index is 13.5. The van der Waals surface area contributed by atoms with Crippen LogP contribution in [0, 0.1) is 0 Å². The summed E-state index contributed by atoms with van der Waals surface area (Å²) in [6.45, 7) is 6.87. The molecule has 0 aliphatic heterocycles. The Bertz CT molecular complexity index is 1450. The summed E-state index contributed by atoms with van der Waals surface area (Å²) < 4.78 is 30.7. The number of phosphoric ester groups is 1. The van der Waals surface area contributed by atoms with Gasteiger partial charge >= 0.3 is 13.8 Å². The minimum Gasteiger partial charge on any atom is -0.456 e. The standard InChI is InChI=1S/C64H119N2O7P/c1-7-10-13-16-19-22-25-28-29-30-31-32-33-34-35-36-37-39-42-45-48-51-54-57-64(68)73-62(55-52-49-46-43-40-27-24-21-18-15-12-9-3)61(60-72-74(69,70)71-59-58-66(4,5)6)65-63(67)56-53-50-47-44-41-38-26-23-20-17-14-11-8-2/h11,14,17,20,23,26,28-29,52,55,61-62H,7-10,12-13,15-16,18-19,21-22,24-25,27,30-51,53-54,56-60H2,1-6H3,(H-,65,67,69,70)/p+1/b14-11+,20-17+,26-23-,29-28+,55-52-. The van der Waals surface area contributed by atoms with Crippen LogP contribution in [-0.4, -0.2) is 74.3 Å². The molecule has 0 saturated carbocycles. The number of carbonyl (C=O) groups is 2. The fraction of sp³-hybridized carbons (Fsp3) is 0.812. The molecule has 3 unspecified atom stereocenters. The number of esters is 1. The second-order valence-electron chi connectivity index (χ2n) is 22.3. The van der Waals surface area contributed by atoms with Crippen LogP contribution in [-0.2, 0) is 27.9 Å². The highest BCUT2D eigenvalue weighted by molar-refractivity contribution is 7.47. The molecule has 0 aromatic carbocycles. The van der Waals surface area contributed by atoms with Crippen LogP contribution in [0.15, 0.2) is 60.8 Å². The molecular weight excluding hydrogens is 940 g/mol. The fourth-order valence-electron chi connectivity index (χ4n) is 8.94. The van der Waals surface area contributed by atoms with E-state index in [2.05, 4.69) is 74.7 Å². The highest BCUT2D eigenvalue weighted by Gasteiger charge is 2.30. The number of rotatable bonds is 56. The zero-order chi connectivity index (χ0) is 54.3. The summed E-state index contributed by atoms with van der Waals surface area (Å²) in [5, 5.41) is 3.04. The molecule has 74 heavy (non-hydrogen) atoms. The topological polar surface area (TPSA) is 111 Å². The van der Waals surface area contributed by atoms with Crippen molar-refractivity contribution in [2.45, 2.75) is 296 Å². The largest absolute Gasteiger partial charge is 0.472 e. The Kier molecular flexibility index (Phi) is 52.4. The van der Waals surface area contributed by atoms with E-state index in [0.717, 1.165) is 83.5 Å². The van der Waals surface area contributed by atoms with Gasteiger partial charge in [0.25, 0.3) is 0 Å². The van der Waals surface area contributed by atoms with E-state index in [1.54, 1.807) is 0 Å². The van der Waals surface area contributed by atoms with Crippen LogP contribution in [0.3, 0.4) is 0 Å². The van der Waals surface area contributed by atoms with E-state index in [1.807, 2.05) is 33.3 Å². The molecule has 0 aromatic rings. The summed E-state index contributed by atoms with van der Waals surface area (Å²) in [6, 6.07) is -0.858. The molecule has 0 bridgehead atoms. The van der Waals surface area contributed by atoms with Gasteiger partial charge in [0.05, 0.1) is 33.8 Å². The number of amides is 1. The van der Waals surface area contributed by atoms with E-state index >= 15 is 0 Å². The van der Waals surface area contributed by atoms with Crippen molar-refractivity contribution < 1.29 is 37.3 Å². The van der Waals surface area contributed by atoms with Crippen molar-refractivity contribution in [3.05, 3.63) is 60.8 Å². The van der Waals surface area contributed by atoms with Crippen LogP contribution in [0.5, 0.6) is 0 Å². The molecule has 1 amide bonds. The Labute approximate surface area is 458 Å². The van der Waals surface area contributed by atoms with Crippen molar-refractivity contribution in [1.29, 1.82) is 0 Å². The Morgan fingerprint density at radius 1 is 0.486 bits per heavy atom. The lowest BCUT2D eigenvalue weighted by Crippen LogP contribution is -2.47. The number of hydrogen-bond donors (Lipinski definition) is 2. The molecule has 0 aromatic heterocycles. The zero-order valence-electron chi connectivity index (χ0n) is 49.3. The lowest BCUT2D eigenvalue weighted by Gasteiger charge is -2.27. The second-order valence-corrected chi connectivity index (χ2v) is 23.7. The molecule has 9 nitrogen and oxygen atoms in total. The summed E-state index contributed by atoms with van der Waals surface area (Å²) >= 11 is 0. The zero-order valence-corrected chi connectivity index (χ0v) is 50.2. The van der Waals surface area contributed by atoms with Crippen LogP contribution >= 0.6 is 7.82 Å². The molecule has 0 aliphatic rings. The lowest BCUT2D eigenvalue weighted by molar-refractivity contribution is -0.870. The van der Waals surface area contributed by atoms with Crippen molar-refractivity contribution in [2.75, 3.05) is 40.9 Å². The Balaban J connectivity index is 5.15. The normalized spacial score (nSPS) is 14.1. The first kappa shape index (κ1) is 71.7. The molecule has 0 heterocycles. The van der Waals surface area contributed by atoms with Gasteiger partial charge in [-0.05, 0) is 76.7 Å². The number of allylic oxidation sites excluding steroid dienone is 9. The first-order valence-corrected chi connectivity index (χ1v) is 32.6. The van der Waals surface area contributed by atoms with Crippen molar-refractivity contribution in [3.63, 3.8) is 0 Å². The first-order valence-electron chi connectivity index (χ1n) is 31.1. The number of likely N-dealkylation sites (N-methyl/N-ethyl adjacent to an activating group) is 1. The van der Waals surface area contributed by atoms with Gasteiger partial charge in [0.1, 0.15) is 19.3 Å². The third-order valence-corrected chi connectivity index (χ3v) is 14.7. The molecule has 3 atom stereocenters. The van der Waals surface area contributed by atoms with E-state index in [0.29, 0.717) is 17.4 Å². The molecule has 0 fully saturated rings. The van der Waals surface area contributed by atoms with Crippen LogP contribution in [0.4, 0.5) is 0 Å². The van der Waals surface area contributed by atoms with Crippen LogP contribution in [0.25, 0.3) is 0 Å². The Hall–Kier alpha value is -2.29. The predicted octanol–water partition coefficient (Wildman–Crippen LogP) is 19.1. The molecule has 0 radical (unpaired) electrons. The van der Waals surface area contributed by atoms with E-state index in [9.17, 15) is 19.0 Å². The predicted molar refractivity (Wildman–Crippen MR) is 318 cm³/mol. The van der Waals surface area contributed by atoms with Gasteiger partial charge in [-0.2, -0.15) is 0 Å². The van der Waals surface area contributed by atoms with E-state index < -0.39 is 20.0 Å². The maximum Gasteiger partial charge on any atom is 0.472 e. The lowest BCUT2D eigenvalue weighted by atomic mass is 10.0. The van der Waals surface area contributed by atoms with Gasteiger partial charge in [-0.3, -0.25) is 18.6 Å². The van der Waals surface area contributed by atoms with Gasteiger partial charge in [-0.1, -0.05) is 255 Å². The van der Waals surface area contributed by atoms with Gasteiger partial charge in [0, 0.05) is 12.8 Å². The molecule has 0 spiro atoms. The summed E-state index contributed by atoms with van der Waals surface area (Å²) in [4.78, 5) is 37.6. The summed E-state index contributed by atoms with van der Waals surface area (Å²) in [7, 11) is 1.48. The third-order valence-electron chi connectivity index (χ3n) is 13.8. The average molecular weight is 1060 g/mol. The Morgan fingerprint density at radius 2 is 0.878 bits per heavy atom. The third kappa shape index (κ3) is 54.5. The Morgan fingerprint density at radius 3 is 1.32 bits per heavy atom. The summed E-state index contributed by atoms with van der Waals surface area (Å²) in [5.74, 6) is -0.524. The molecule has 0 saturated heterocycles. The number of hydrogen-bond acceptors (Lipinski definition) is 6. The van der Waals surface area contributed by atoms with Gasteiger partial charge in [-0.25, -0.2) is 4.57 Å². The fourth-order valence-corrected chi connectivity index (χ4v) is 9.67. The molecule has 2 N–H and O–H groups in total. The van der Waals surface area contributed by atoms with Crippen molar-refractivity contribution in [3.8, 4) is 0 Å². The second kappa shape index (κ2) is 54.1. The van der Waals surface area contributed by atoms with Crippen molar-refractivity contribution >= 4 is 19.7 Å². The number of nitrogens with one attached hydrogen (secondary N) is 1. The quantitative estimate of drug-likeness (QED) is 0.0156. The summed E-state index contributed by atoms with van der Waals surface area (Å²) in [5.41, 5.74) is 0. The summed E-state index contributed by atoms with van der Waals surface area (Å²) in [6.07, 6.45) is 68.0. The number of carbonyl (C=O) groups excluding carboxylic acids is 2. The number of ether oxygens (including phenoxy) is 1. The number of phosphoric acid groups is 1. The van der Waals surface area contributed by atoms with Gasteiger partial charge < -0.3 is 19.4 Å². The SMILES string of the molecule is CC/C=C/C=C/C=C\CCCCCCCC(=O)NC(COP(=O)(O)OCC[N+](C)(C)C)C(/C=C\CCCCCCCCCCCC)OC(=O)CCCCCCCCCCCCCCC/C=C/CCCCCCCC. The van der Waals surface area contributed by atoms with E-state index in [4.69, 9.17) is 13.8 Å². The average Bonchev–Trinajstić information content (AvgIpc) is 3.36. The van der Waals surface area contributed by atoms with Crippen LogP contribution in [0.1, 0.15) is 284 Å². The molecule has 0 rings (SSSR count). The number of nitrogens with zero attached hydrogens (tertiary/aromatic N) is 1. The van der Waals surface area contributed by atoms with E-state index in [-0.39, 0.29) is 31.5 Å². The maximum absolute atomic E-state index is 13.5. The van der Waals surface area contributed by atoms with Crippen LogP contribution < -0.4 is 5.32 Å². The number of unbranched alkanes of at least 4 members (excludes halogenated alkanes) is 34. The monoisotopic (exact) mass is 1060 g/mol. The van der Waals surface area contributed by atoms with Crippen molar-refractivity contribution in [2.24, 2.45) is 0 Å². The highest BCUT2D eigenvalue weighted by Crippen LogP contribution is 2.43.